The average Bonchev–Trinajstić information content (AvgIpc) is 2.99. The molecular formula is C17H14ClN5O2. The first-order valence-corrected chi connectivity index (χ1v) is 8.15. The van der Waals surface area contributed by atoms with E-state index in [-0.39, 0.29) is 18.1 Å². The van der Waals surface area contributed by atoms with Crippen molar-refractivity contribution in [1.82, 2.24) is 24.2 Å². The van der Waals surface area contributed by atoms with Gasteiger partial charge in [-0.1, -0.05) is 11.6 Å². The lowest BCUT2D eigenvalue weighted by Crippen LogP contribution is -2.40. The Kier molecular flexibility index (Phi) is 3.85. The van der Waals surface area contributed by atoms with E-state index in [0.29, 0.717) is 35.2 Å². The molecule has 0 atom stereocenters. The summed E-state index contributed by atoms with van der Waals surface area (Å²) in [7, 11) is 0. The summed E-state index contributed by atoms with van der Waals surface area (Å²) in [6, 6.07) is 10.2. The van der Waals surface area contributed by atoms with Gasteiger partial charge in [0.1, 0.15) is 0 Å². The van der Waals surface area contributed by atoms with Gasteiger partial charge in [0.05, 0.1) is 12.2 Å². The molecule has 1 aliphatic rings. The minimum absolute atomic E-state index is 0.103. The second kappa shape index (κ2) is 6.18. The van der Waals surface area contributed by atoms with Crippen LogP contribution >= 0.6 is 11.6 Å². The number of benzene rings is 1. The van der Waals surface area contributed by atoms with Crippen molar-refractivity contribution in [3.05, 3.63) is 75.7 Å². The molecule has 0 saturated heterocycles. The number of nitrogens with zero attached hydrogens (tertiary/aromatic N) is 5. The molecular weight excluding hydrogens is 342 g/mol. The van der Waals surface area contributed by atoms with E-state index in [0.717, 1.165) is 0 Å². The van der Waals surface area contributed by atoms with Crippen LogP contribution in [0.25, 0.3) is 5.69 Å². The summed E-state index contributed by atoms with van der Waals surface area (Å²) in [5.74, 6) is 0.462. The van der Waals surface area contributed by atoms with Crippen molar-refractivity contribution in [3.8, 4) is 5.69 Å². The molecule has 8 heteroatoms. The van der Waals surface area contributed by atoms with Gasteiger partial charge in [0.25, 0.3) is 5.91 Å². The lowest BCUT2D eigenvalue weighted by Gasteiger charge is -2.26. The second-order valence-electron chi connectivity index (χ2n) is 5.70. The molecule has 3 heterocycles. The van der Waals surface area contributed by atoms with Crippen molar-refractivity contribution in [2.75, 3.05) is 6.54 Å². The Balaban J connectivity index is 1.62. The maximum atomic E-state index is 12.6. The molecule has 1 aliphatic heterocycles. The van der Waals surface area contributed by atoms with Crippen LogP contribution in [-0.2, 0) is 13.1 Å². The zero-order valence-corrected chi connectivity index (χ0v) is 13.9. The molecule has 1 amide bonds. The minimum atomic E-state index is -0.209. The van der Waals surface area contributed by atoms with Gasteiger partial charge in [-0.15, -0.1) is 5.10 Å². The van der Waals surface area contributed by atoms with Gasteiger partial charge in [-0.05, 0) is 36.4 Å². The first kappa shape index (κ1) is 15.6. The van der Waals surface area contributed by atoms with Gasteiger partial charge in [-0.2, -0.15) is 4.68 Å². The summed E-state index contributed by atoms with van der Waals surface area (Å²) < 4.78 is 2.94. The second-order valence-corrected chi connectivity index (χ2v) is 6.14. The molecule has 3 aromatic rings. The van der Waals surface area contributed by atoms with Crippen LogP contribution in [0.4, 0.5) is 0 Å². The molecule has 1 aromatic carbocycles. The highest BCUT2D eigenvalue weighted by molar-refractivity contribution is 6.30. The predicted octanol–water partition coefficient (Wildman–Crippen LogP) is 1.74. The summed E-state index contributed by atoms with van der Waals surface area (Å²) in [6.07, 6.45) is 3.22. The SMILES string of the molecule is O=C(c1ccc(Cl)cc1)N1CCn2c(nn(-c3ccncc3)c2=O)C1. The number of amides is 1. The first-order chi connectivity index (χ1) is 12.1. The quantitative estimate of drug-likeness (QED) is 0.702. The highest BCUT2D eigenvalue weighted by atomic mass is 35.5. The van der Waals surface area contributed by atoms with Gasteiger partial charge in [0.15, 0.2) is 5.82 Å². The summed E-state index contributed by atoms with van der Waals surface area (Å²) in [4.78, 5) is 30.8. The summed E-state index contributed by atoms with van der Waals surface area (Å²) in [5.41, 5.74) is 1.01. The zero-order valence-electron chi connectivity index (χ0n) is 13.2. The predicted molar refractivity (Wildman–Crippen MR) is 91.8 cm³/mol. The highest BCUT2D eigenvalue weighted by Crippen LogP contribution is 2.16. The van der Waals surface area contributed by atoms with Crippen molar-refractivity contribution in [1.29, 1.82) is 0 Å². The number of halogens is 1. The molecule has 0 unspecified atom stereocenters. The lowest BCUT2D eigenvalue weighted by molar-refractivity contribution is 0.0706. The van der Waals surface area contributed by atoms with Crippen molar-refractivity contribution in [2.24, 2.45) is 0 Å². The molecule has 126 valence electrons. The average molecular weight is 356 g/mol. The molecule has 0 spiro atoms. The van der Waals surface area contributed by atoms with Crippen molar-refractivity contribution in [3.63, 3.8) is 0 Å². The fraction of sp³-hybridized carbons (Fsp3) is 0.176. The third-order valence-electron chi connectivity index (χ3n) is 4.15. The van der Waals surface area contributed by atoms with E-state index in [2.05, 4.69) is 10.1 Å². The molecule has 2 aromatic heterocycles. The smallest absolute Gasteiger partial charge is 0.329 e. The van der Waals surface area contributed by atoms with Crippen LogP contribution in [0, 0.1) is 0 Å². The molecule has 7 nitrogen and oxygen atoms in total. The van der Waals surface area contributed by atoms with Crippen LogP contribution in [-0.4, -0.2) is 36.7 Å². The summed E-state index contributed by atoms with van der Waals surface area (Å²) in [5, 5.41) is 4.97. The molecule has 0 bridgehead atoms. The third-order valence-corrected chi connectivity index (χ3v) is 4.40. The Hall–Kier alpha value is -2.93. The fourth-order valence-electron chi connectivity index (χ4n) is 2.85. The fourth-order valence-corrected chi connectivity index (χ4v) is 2.98. The third kappa shape index (κ3) is 2.83. The summed E-state index contributed by atoms with van der Waals surface area (Å²) >= 11 is 5.87. The van der Waals surface area contributed by atoms with Gasteiger partial charge in [0.2, 0.25) is 0 Å². The van der Waals surface area contributed by atoms with E-state index in [1.54, 1.807) is 58.3 Å². The molecule has 0 N–H and O–H groups in total. The number of aromatic nitrogens is 4. The normalized spacial score (nSPS) is 13.6. The van der Waals surface area contributed by atoms with E-state index in [9.17, 15) is 9.59 Å². The molecule has 0 saturated carbocycles. The topological polar surface area (TPSA) is 73.0 Å². The minimum Gasteiger partial charge on any atom is -0.329 e. The van der Waals surface area contributed by atoms with Crippen LogP contribution in [0.2, 0.25) is 5.02 Å². The Labute approximate surface area is 148 Å². The zero-order chi connectivity index (χ0) is 17.4. The van der Waals surface area contributed by atoms with E-state index in [4.69, 9.17) is 11.6 Å². The molecule has 4 rings (SSSR count). The Bertz CT molecular complexity index is 979. The number of hydrogen-bond donors (Lipinski definition) is 0. The molecule has 0 aliphatic carbocycles. The number of rotatable bonds is 2. The van der Waals surface area contributed by atoms with Crippen molar-refractivity contribution >= 4 is 17.5 Å². The summed E-state index contributed by atoms with van der Waals surface area (Å²) in [6.45, 7) is 1.16. The number of carbonyl (C=O) groups excluding carboxylic acids is 1. The first-order valence-electron chi connectivity index (χ1n) is 7.77. The maximum absolute atomic E-state index is 12.6. The number of pyridine rings is 1. The number of carbonyl (C=O) groups is 1. The van der Waals surface area contributed by atoms with E-state index < -0.39 is 0 Å². The standard InChI is InChI=1S/C17H14ClN5O2/c18-13-3-1-12(2-4-13)16(24)21-9-10-22-15(11-21)20-23(17(22)25)14-5-7-19-8-6-14/h1-8H,9-11H2. The van der Waals surface area contributed by atoms with Crippen LogP contribution < -0.4 is 5.69 Å². The van der Waals surface area contributed by atoms with Crippen molar-refractivity contribution in [2.45, 2.75) is 13.1 Å². The monoisotopic (exact) mass is 355 g/mol. The van der Waals surface area contributed by atoms with Gasteiger partial charge in [-0.3, -0.25) is 14.3 Å². The highest BCUT2D eigenvalue weighted by Gasteiger charge is 2.26. The largest absolute Gasteiger partial charge is 0.350 e. The Morgan fingerprint density at radius 3 is 2.48 bits per heavy atom. The maximum Gasteiger partial charge on any atom is 0.350 e. The van der Waals surface area contributed by atoms with Crippen molar-refractivity contribution < 1.29 is 4.79 Å². The molecule has 0 radical (unpaired) electrons. The van der Waals surface area contributed by atoms with Gasteiger partial charge in [-0.25, -0.2) is 4.79 Å². The lowest BCUT2D eigenvalue weighted by atomic mass is 10.2. The van der Waals surface area contributed by atoms with Gasteiger partial charge in [0, 0.05) is 36.1 Å². The van der Waals surface area contributed by atoms with Crippen LogP contribution in [0.5, 0.6) is 0 Å². The molecule has 0 fully saturated rings. The number of hydrogen-bond acceptors (Lipinski definition) is 4. The van der Waals surface area contributed by atoms with Crippen LogP contribution in [0.15, 0.2) is 53.6 Å². The molecule has 25 heavy (non-hydrogen) atoms. The van der Waals surface area contributed by atoms with E-state index in [1.165, 1.54) is 4.68 Å². The van der Waals surface area contributed by atoms with E-state index >= 15 is 0 Å². The van der Waals surface area contributed by atoms with Crippen LogP contribution in [0.3, 0.4) is 0 Å². The Morgan fingerprint density at radius 1 is 1.04 bits per heavy atom. The van der Waals surface area contributed by atoms with Crippen LogP contribution in [0.1, 0.15) is 16.2 Å². The Morgan fingerprint density at radius 2 is 1.76 bits per heavy atom. The van der Waals surface area contributed by atoms with E-state index in [1.807, 2.05) is 0 Å². The number of fused-ring (bicyclic) bond motifs is 1. The van der Waals surface area contributed by atoms with Gasteiger partial charge >= 0.3 is 5.69 Å². The van der Waals surface area contributed by atoms with Gasteiger partial charge < -0.3 is 4.90 Å².